The van der Waals surface area contributed by atoms with E-state index in [1.165, 1.54) is 0 Å². The number of benzene rings is 3. The number of ether oxygens (including phenoxy) is 1. The third-order valence-electron chi connectivity index (χ3n) is 5.78. The van der Waals surface area contributed by atoms with Crippen LogP contribution in [0.1, 0.15) is 39.9 Å². The molecule has 8 nitrogen and oxygen atoms in total. The molecule has 0 fully saturated rings. The summed E-state index contributed by atoms with van der Waals surface area (Å²) in [7, 11) is 1.55. The largest absolute Gasteiger partial charge is 0.462 e. The van der Waals surface area contributed by atoms with Crippen molar-refractivity contribution >= 4 is 28.8 Å². The van der Waals surface area contributed by atoms with Crippen LogP contribution in [0.5, 0.6) is 0 Å². The fraction of sp³-hybridized carbons (Fsp3) is 0.214. The Morgan fingerprint density at radius 3 is 2.36 bits per heavy atom. The summed E-state index contributed by atoms with van der Waals surface area (Å²) in [4.78, 5) is 41.4. The van der Waals surface area contributed by atoms with Crippen LogP contribution in [-0.4, -0.2) is 47.5 Å². The molecule has 0 saturated heterocycles. The van der Waals surface area contributed by atoms with Gasteiger partial charge in [-0.1, -0.05) is 54.6 Å². The zero-order valence-electron chi connectivity index (χ0n) is 20.3. The molecule has 0 radical (unpaired) electrons. The van der Waals surface area contributed by atoms with Gasteiger partial charge in [-0.2, -0.15) is 0 Å². The number of hydrogen-bond acceptors (Lipinski definition) is 5. The molecule has 0 aliphatic rings. The predicted octanol–water partition coefficient (Wildman–Crippen LogP) is 3.79. The second-order valence-electron chi connectivity index (χ2n) is 8.19. The number of amides is 2. The molecule has 0 spiro atoms. The van der Waals surface area contributed by atoms with E-state index in [1.807, 2.05) is 42.5 Å². The van der Waals surface area contributed by atoms with Gasteiger partial charge in [0.1, 0.15) is 0 Å². The molecule has 184 valence electrons. The Hall–Kier alpha value is -4.46. The fourth-order valence-corrected chi connectivity index (χ4v) is 3.91. The predicted molar refractivity (Wildman–Crippen MR) is 138 cm³/mol. The molecule has 0 atom stereocenters. The Morgan fingerprint density at radius 2 is 1.67 bits per heavy atom. The fourth-order valence-electron chi connectivity index (χ4n) is 3.91. The van der Waals surface area contributed by atoms with E-state index in [2.05, 4.69) is 27.8 Å². The maximum absolute atomic E-state index is 13.0. The molecule has 8 heteroatoms. The summed E-state index contributed by atoms with van der Waals surface area (Å²) in [6.45, 7) is 2.57. The number of nitrogens with zero attached hydrogens (tertiary/aromatic N) is 2. The summed E-state index contributed by atoms with van der Waals surface area (Å²) in [5.41, 5.74) is 4.79. The van der Waals surface area contributed by atoms with Gasteiger partial charge in [-0.05, 0) is 41.8 Å². The van der Waals surface area contributed by atoms with Gasteiger partial charge in [0.15, 0.2) is 5.82 Å². The van der Waals surface area contributed by atoms with Crippen LogP contribution in [0.4, 0.5) is 0 Å². The molecule has 2 amide bonds. The molecule has 0 saturated carbocycles. The number of nitrogens with one attached hydrogen (secondary N) is 2. The van der Waals surface area contributed by atoms with Crippen molar-refractivity contribution in [3.05, 3.63) is 89.7 Å². The molecule has 1 aromatic heterocycles. The Labute approximate surface area is 209 Å². The maximum atomic E-state index is 13.0. The maximum Gasteiger partial charge on any atom is 0.338 e. The SMILES string of the molecule is CCOC(=O)c1ccc2nc(C(=O)NCCC(=O)NC)n(Cc3ccc(-c4ccccc4)cc3)c2c1. The van der Waals surface area contributed by atoms with E-state index in [-0.39, 0.29) is 31.3 Å². The van der Waals surface area contributed by atoms with E-state index >= 15 is 0 Å². The highest BCUT2D eigenvalue weighted by Crippen LogP contribution is 2.23. The molecule has 0 bridgehead atoms. The molecule has 3 aromatic carbocycles. The normalized spacial score (nSPS) is 10.7. The average Bonchev–Trinajstić information content (AvgIpc) is 3.27. The molecule has 1 heterocycles. The summed E-state index contributed by atoms with van der Waals surface area (Å²) < 4.78 is 6.93. The topological polar surface area (TPSA) is 102 Å². The first-order valence-corrected chi connectivity index (χ1v) is 11.8. The minimum absolute atomic E-state index is 0.163. The molecule has 2 N–H and O–H groups in total. The van der Waals surface area contributed by atoms with Crippen molar-refractivity contribution in [2.45, 2.75) is 19.9 Å². The van der Waals surface area contributed by atoms with Crippen molar-refractivity contribution in [3.63, 3.8) is 0 Å². The number of carbonyl (C=O) groups is 3. The standard InChI is InChI=1S/C28H28N4O4/c1-3-36-28(35)22-13-14-23-24(17-22)32(26(31-23)27(34)30-16-15-25(33)29-2)18-19-9-11-21(12-10-19)20-7-5-4-6-8-20/h4-14,17H,3,15-16,18H2,1-2H3,(H,29,33)(H,30,34). The van der Waals surface area contributed by atoms with E-state index in [1.54, 1.807) is 36.7 Å². The monoisotopic (exact) mass is 484 g/mol. The van der Waals surface area contributed by atoms with E-state index in [0.717, 1.165) is 16.7 Å². The molecule has 0 aliphatic carbocycles. The lowest BCUT2D eigenvalue weighted by molar-refractivity contribution is -0.120. The van der Waals surface area contributed by atoms with E-state index in [0.29, 0.717) is 23.1 Å². The Morgan fingerprint density at radius 1 is 0.944 bits per heavy atom. The Kier molecular flexibility index (Phi) is 7.75. The smallest absolute Gasteiger partial charge is 0.338 e. The van der Waals surface area contributed by atoms with Crippen molar-refractivity contribution in [2.24, 2.45) is 0 Å². The van der Waals surface area contributed by atoms with Gasteiger partial charge in [-0.15, -0.1) is 0 Å². The van der Waals surface area contributed by atoms with Gasteiger partial charge in [0.05, 0.1) is 23.2 Å². The Balaban J connectivity index is 1.67. The van der Waals surface area contributed by atoms with Crippen LogP contribution < -0.4 is 10.6 Å². The van der Waals surface area contributed by atoms with Crippen LogP contribution in [-0.2, 0) is 16.1 Å². The molecule has 4 aromatic rings. The number of hydrogen-bond donors (Lipinski definition) is 2. The number of esters is 1. The lowest BCUT2D eigenvalue weighted by Crippen LogP contribution is -2.31. The van der Waals surface area contributed by atoms with Gasteiger partial charge in [-0.3, -0.25) is 9.59 Å². The van der Waals surface area contributed by atoms with Gasteiger partial charge in [0.2, 0.25) is 5.91 Å². The van der Waals surface area contributed by atoms with Crippen LogP contribution in [0.3, 0.4) is 0 Å². The van der Waals surface area contributed by atoms with Crippen LogP contribution in [0.25, 0.3) is 22.2 Å². The minimum atomic E-state index is -0.434. The highest BCUT2D eigenvalue weighted by Gasteiger charge is 2.20. The van der Waals surface area contributed by atoms with Crippen LogP contribution in [0.2, 0.25) is 0 Å². The first-order chi connectivity index (χ1) is 17.5. The quantitative estimate of drug-likeness (QED) is 0.352. The van der Waals surface area contributed by atoms with Crippen LogP contribution in [0.15, 0.2) is 72.8 Å². The lowest BCUT2D eigenvalue weighted by atomic mass is 10.0. The summed E-state index contributed by atoms with van der Waals surface area (Å²) in [6.07, 6.45) is 0.163. The van der Waals surface area contributed by atoms with Crippen molar-refractivity contribution < 1.29 is 19.1 Å². The molecular weight excluding hydrogens is 456 g/mol. The first kappa shape index (κ1) is 24.7. The number of fused-ring (bicyclic) bond motifs is 1. The zero-order chi connectivity index (χ0) is 25.5. The number of imidazole rings is 1. The molecule has 0 unspecified atom stereocenters. The average molecular weight is 485 g/mol. The van der Waals surface area contributed by atoms with E-state index in [9.17, 15) is 14.4 Å². The van der Waals surface area contributed by atoms with Gasteiger partial charge in [0, 0.05) is 26.6 Å². The van der Waals surface area contributed by atoms with E-state index in [4.69, 9.17) is 4.74 Å². The summed E-state index contributed by atoms with van der Waals surface area (Å²) in [5.74, 6) is -0.791. The number of rotatable bonds is 9. The molecular formula is C28H28N4O4. The number of carbonyl (C=O) groups excluding carboxylic acids is 3. The first-order valence-electron chi connectivity index (χ1n) is 11.8. The van der Waals surface area contributed by atoms with Gasteiger partial charge >= 0.3 is 5.97 Å². The second-order valence-corrected chi connectivity index (χ2v) is 8.19. The third kappa shape index (κ3) is 5.60. The highest BCUT2D eigenvalue weighted by molar-refractivity contribution is 5.98. The van der Waals surface area contributed by atoms with Crippen molar-refractivity contribution in [1.82, 2.24) is 20.2 Å². The summed E-state index contributed by atoms with van der Waals surface area (Å²) in [6, 6.07) is 23.2. The Bertz CT molecular complexity index is 1380. The van der Waals surface area contributed by atoms with Gasteiger partial charge in [0.25, 0.3) is 5.91 Å². The van der Waals surface area contributed by atoms with Gasteiger partial charge in [-0.25, -0.2) is 9.78 Å². The van der Waals surface area contributed by atoms with Crippen molar-refractivity contribution in [2.75, 3.05) is 20.2 Å². The second kappa shape index (κ2) is 11.3. The molecule has 0 aliphatic heterocycles. The lowest BCUT2D eigenvalue weighted by Gasteiger charge is -2.11. The molecule has 36 heavy (non-hydrogen) atoms. The van der Waals surface area contributed by atoms with Crippen molar-refractivity contribution in [3.8, 4) is 11.1 Å². The van der Waals surface area contributed by atoms with Crippen LogP contribution >= 0.6 is 0 Å². The minimum Gasteiger partial charge on any atom is -0.462 e. The highest BCUT2D eigenvalue weighted by atomic mass is 16.5. The number of aromatic nitrogens is 2. The third-order valence-corrected chi connectivity index (χ3v) is 5.78. The molecule has 4 rings (SSSR count). The summed E-state index contributed by atoms with van der Waals surface area (Å²) >= 11 is 0. The summed E-state index contributed by atoms with van der Waals surface area (Å²) in [5, 5.41) is 5.30. The van der Waals surface area contributed by atoms with Crippen molar-refractivity contribution in [1.29, 1.82) is 0 Å². The van der Waals surface area contributed by atoms with Gasteiger partial charge < -0.3 is 19.9 Å². The van der Waals surface area contributed by atoms with Crippen LogP contribution in [0, 0.1) is 0 Å². The van der Waals surface area contributed by atoms with E-state index < -0.39 is 11.9 Å². The zero-order valence-corrected chi connectivity index (χ0v) is 20.3.